The number of carbonyl (C=O) groups is 1. The average Bonchev–Trinajstić information content (AvgIpc) is 3.23. The number of aryl methyl sites for hydroxylation is 4. The first-order valence-corrected chi connectivity index (χ1v) is 9.10. The van der Waals surface area contributed by atoms with Crippen LogP contribution in [0.3, 0.4) is 0 Å². The molecule has 0 N–H and O–H groups in total. The van der Waals surface area contributed by atoms with E-state index < -0.39 is 0 Å². The zero-order chi connectivity index (χ0) is 18.4. The largest absolute Gasteiger partial charge is 0.350 e. The Balaban J connectivity index is 1.60. The summed E-state index contributed by atoms with van der Waals surface area (Å²) in [5, 5.41) is 1.29. The first kappa shape index (κ1) is 16.8. The van der Waals surface area contributed by atoms with Gasteiger partial charge in [0.15, 0.2) is 0 Å². The molecule has 1 aliphatic heterocycles. The molecular formula is C21H24N4O. The summed E-state index contributed by atoms with van der Waals surface area (Å²) in [7, 11) is 2.08. The number of benzene rings is 1. The average molecular weight is 348 g/mol. The van der Waals surface area contributed by atoms with Crippen molar-refractivity contribution in [3.63, 3.8) is 0 Å². The Hall–Kier alpha value is -2.69. The van der Waals surface area contributed by atoms with Crippen LogP contribution < -0.4 is 0 Å². The summed E-state index contributed by atoms with van der Waals surface area (Å²) in [6.45, 7) is 7.20. The van der Waals surface area contributed by atoms with Gasteiger partial charge >= 0.3 is 0 Å². The Kier molecular flexibility index (Phi) is 4.02. The number of amides is 1. The maximum Gasteiger partial charge on any atom is 0.274 e. The maximum absolute atomic E-state index is 13.0. The molecule has 5 heteroatoms. The molecule has 4 rings (SSSR count). The molecule has 3 heterocycles. The fourth-order valence-electron chi connectivity index (χ4n) is 3.96. The zero-order valence-electron chi connectivity index (χ0n) is 15.8. The van der Waals surface area contributed by atoms with E-state index in [1.165, 1.54) is 16.5 Å². The molecule has 1 fully saturated rings. The molecule has 0 aliphatic carbocycles. The Labute approximate surface area is 153 Å². The lowest BCUT2D eigenvalue weighted by Crippen LogP contribution is -2.30. The van der Waals surface area contributed by atoms with E-state index >= 15 is 0 Å². The minimum Gasteiger partial charge on any atom is -0.350 e. The van der Waals surface area contributed by atoms with Crippen LogP contribution in [0.25, 0.3) is 10.9 Å². The highest BCUT2D eigenvalue weighted by Gasteiger charge is 2.31. The van der Waals surface area contributed by atoms with Gasteiger partial charge in [-0.1, -0.05) is 18.2 Å². The van der Waals surface area contributed by atoms with Gasteiger partial charge in [0.25, 0.3) is 5.91 Å². The number of carbonyl (C=O) groups excluding carboxylic acids is 1. The van der Waals surface area contributed by atoms with Crippen molar-refractivity contribution in [3.8, 4) is 0 Å². The van der Waals surface area contributed by atoms with Crippen LogP contribution in [0.15, 0.2) is 30.5 Å². The molecule has 1 atom stereocenters. The van der Waals surface area contributed by atoms with Crippen LogP contribution >= 0.6 is 0 Å². The fourth-order valence-corrected chi connectivity index (χ4v) is 3.96. The highest BCUT2D eigenvalue weighted by atomic mass is 16.2. The third-order valence-corrected chi connectivity index (χ3v) is 5.53. The monoisotopic (exact) mass is 348 g/mol. The third kappa shape index (κ3) is 2.68. The number of nitrogens with zero attached hydrogens (tertiary/aromatic N) is 4. The number of aromatic nitrogens is 3. The third-order valence-electron chi connectivity index (χ3n) is 5.53. The number of para-hydroxylation sites is 1. The molecule has 1 aliphatic rings. The lowest BCUT2D eigenvalue weighted by Gasteiger charge is -2.17. The van der Waals surface area contributed by atoms with Crippen molar-refractivity contribution in [1.29, 1.82) is 0 Å². The van der Waals surface area contributed by atoms with Crippen molar-refractivity contribution >= 4 is 16.8 Å². The molecule has 5 nitrogen and oxygen atoms in total. The number of rotatable bonds is 2. The summed E-state index contributed by atoms with van der Waals surface area (Å²) >= 11 is 0. The first-order chi connectivity index (χ1) is 12.5. The van der Waals surface area contributed by atoms with Crippen molar-refractivity contribution in [2.45, 2.75) is 33.1 Å². The zero-order valence-corrected chi connectivity index (χ0v) is 15.8. The lowest BCUT2D eigenvalue weighted by molar-refractivity contribution is 0.0783. The minimum absolute atomic E-state index is 0.000775. The quantitative estimate of drug-likeness (QED) is 0.712. The van der Waals surface area contributed by atoms with Crippen molar-refractivity contribution in [2.75, 3.05) is 13.1 Å². The predicted molar refractivity (Wildman–Crippen MR) is 102 cm³/mol. The van der Waals surface area contributed by atoms with Gasteiger partial charge in [-0.25, -0.2) is 4.98 Å². The smallest absolute Gasteiger partial charge is 0.274 e. The van der Waals surface area contributed by atoms with Crippen molar-refractivity contribution in [2.24, 2.45) is 7.05 Å². The molecule has 1 unspecified atom stereocenters. The minimum atomic E-state index is 0.000775. The number of hydrogen-bond donors (Lipinski definition) is 0. The van der Waals surface area contributed by atoms with Crippen LogP contribution in [0.4, 0.5) is 0 Å². The van der Waals surface area contributed by atoms with E-state index in [9.17, 15) is 4.79 Å². The molecule has 0 spiro atoms. The van der Waals surface area contributed by atoms with Gasteiger partial charge in [0.2, 0.25) is 0 Å². The molecule has 0 saturated carbocycles. The SMILES string of the molecule is Cc1nc(C)c(C(=O)N2CCC(c3cn(C)c4ccccc34)C2)nc1C. The van der Waals surface area contributed by atoms with Crippen LogP contribution in [0.1, 0.15) is 45.5 Å². The van der Waals surface area contributed by atoms with Gasteiger partial charge < -0.3 is 9.47 Å². The topological polar surface area (TPSA) is 51.0 Å². The van der Waals surface area contributed by atoms with E-state index in [1.54, 1.807) is 0 Å². The second-order valence-corrected chi connectivity index (χ2v) is 7.28. The number of fused-ring (bicyclic) bond motifs is 1. The predicted octanol–water partition coefficient (Wildman–Crippen LogP) is 3.52. The second kappa shape index (κ2) is 6.24. The standard InChI is InChI=1S/C21H24N4O/c1-13-14(2)23-20(15(3)22-13)21(26)25-10-9-16(11-25)18-12-24(4)19-8-6-5-7-17(18)19/h5-8,12,16H,9-11H2,1-4H3. The van der Waals surface area contributed by atoms with E-state index in [4.69, 9.17) is 0 Å². The Bertz CT molecular complexity index is 1000. The van der Waals surface area contributed by atoms with Gasteiger partial charge in [-0.2, -0.15) is 0 Å². The van der Waals surface area contributed by atoms with Gasteiger partial charge in [-0.05, 0) is 38.8 Å². The maximum atomic E-state index is 13.0. The van der Waals surface area contributed by atoms with E-state index in [0.717, 1.165) is 30.9 Å². The summed E-state index contributed by atoms with van der Waals surface area (Å²) in [6.07, 6.45) is 3.20. The Morgan fingerprint density at radius 3 is 2.62 bits per heavy atom. The van der Waals surface area contributed by atoms with Crippen LogP contribution in [0.5, 0.6) is 0 Å². The molecular weight excluding hydrogens is 324 g/mol. The summed E-state index contributed by atoms with van der Waals surface area (Å²) in [4.78, 5) is 23.9. The first-order valence-electron chi connectivity index (χ1n) is 9.10. The molecule has 0 bridgehead atoms. The molecule has 2 aromatic heterocycles. The molecule has 134 valence electrons. The van der Waals surface area contributed by atoms with Gasteiger partial charge in [0, 0.05) is 43.2 Å². The highest BCUT2D eigenvalue weighted by Crippen LogP contribution is 2.34. The van der Waals surface area contributed by atoms with Crippen LogP contribution in [-0.4, -0.2) is 38.4 Å². The van der Waals surface area contributed by atoms with E-state index in [-0.39, 0.29) is 5.91 Å². The molecule has 0 radical (unpaired) electrons. The molecule has 3 aromatic rings. The highest BCUT2D eigenvalue weighted by molar-refractivity contribution is 5.93. The molecule has 1 aromatic carbocycles. The summed E-state index contributed by atoms with van der Waals surface area (Å²) in [5.74, 6) is 0.366. The van der Waals surface area contributed by atoms with E-state index in [0.29, 0.717) is 17.3 Å². The van der Waals surface area contributed by atoms with Crippen molar-refractivity contribution in [3.05, 3.63) is 58.8 Å². The Morgan fingerprint density at radius 2 is 1.81 bits per heavy atom. The Morgan fingerprint density at radius 1 is 1.08 bits per heavy atom. The van der Waals surface area contributed by atoms with Crippen LogP contribution in [-0.2, 0) is 7.05 Å². The summed E-state index contributed by atoms with van der Waals surface area (Å²) in [5.41, 5.74) is 5.49. The molecule has 1 saturated heterocycles. The summed E-state index contributed by atoms with van der Waals surface area (Å²) < 4.78 is 2.17. The lowest BCUT2D eigenvalue weighted by atomic mass is 9.98. The summed E-state index contributed by atoms with van der Waals surface area (Å²) in [6, 6.07) is 8.47. The number of likely N-dealkylation sites (tertiary alicyclic amines) is 1. The van der Waals surface area contributed by atoms with Gasteiger partial charge in [-0.3, -0.25) is 9.78 Å². The van der Waals surface area contributed by atoms with Crippen LogP contribution in [0.2, 0.25) is 0 Å². The molecule has 26 heavy (non-hydrogen) atoms. The van der Waals surface area contributed by atoms with E-state index in [1.807, 2.05) is 25.7 Å². The molecule has 1 amide bonds. The van der Waals surface area contributed by atoms with Crippen molar-refractivity contribution in [1.82, 2.24) is 19.4 Å². The number of hydrogen-bond acceptors (Lipinski definition) is 3. The second-order valence-electron chi connectivity index (χ2n) is 7.28. The normalized spacial score (nSPS) is 17.2. The fraction of sp³-hybridized carbons (Fsp3) is 0.381. The van der Waals surface area contributed by atoms with Crippen LogP contribution in [0, 0.1) is 20.8 Å². The van der Waals surface area contributed by atoms with Gasteiger partial charge in [-0.15, -0.1) is 0 Å². The van der Waals surface area contributed by atoms with E-state index in [2.05, 4.69) is 52.0 Å². The van der Waals surface area contributed by atoms with Gasteiger partial charge in [0.1, 0.15) is 5.69 Å². The van der Waals surface area contributed by atoms with Gasteiger partial charge in [0.05, 0.1) is 17.1 Å². The van der Waals surface area contributed by atoms with Crippen molar-refractivity contribution < 1.29 is 4.79 Å².